The fourth-order valence-electron chi connectivity index (χ4n) is 5.52. The fraction of sp³-hybridized carbons (Fsp3) is 0.270. The highest BCUT2D eigenvalue weighted by Gasteiger charge is 2.42. The summed E-state index contributed by atoms with van der Waals surface area (Å²) in [6.45, 7) is 4.80. The van der Waals surface area contributed by atoms with Crippen molar-refractivity contribution >= 4 is 29.7 Å². The van der Waals surface area contributed by atoms with Gasteiger partial charge < -0.3 is 14.6 Å². The topological polar surface area (TPSA) is 96.4 Å². The van der Waals surface area contributed by atoms with Gasteiger partial charge in [-0.2, -0.15) is 13.2 Å². The molecule has 0 unspecified atom stereocenters. The Morgan fingerprint density at radius 3 is 2.14 bits per heavy atom. The Labute approximate surface area is 290 Å². The Morgan fingerprint density at radius 1 is 0.900 bits per heavy atom. The number of amides is 3. The average Bonchev–Trinajstić information content (AvgIpc) is 3.04. The Bertz CT molecular complexity index is 1890. The first-order valence-electron chi connectivity index (χ1n) is 15.6. The van der Waals surface area contributed by atoms with Crippen molar-refractivity contribution in [2.24, 2.45) is 0 Å². The highest BCUT2D eigenvalue weighted by molar-refractivity contribution is 6.31. The molecule has 1 atom stereocenters. The van der Waals surface area contributed by atoms with Gasteiger partial charge in [-0.1, -0.05) is 48.0 Å². The van der Waals surface area contributed by atoms with Gasteiger partial charge in [0.1, 0.15) is 29.0 Å². The van der Waals surface area contributed by atoms with Crippen molar-refractivity contribution in [1.82, 2.24) is 9.80 Å². The maximum Gasteiger partial charge on any atom is 0.416 e. The summed E-state index contributed by atoms with van der Waals surface area (Å²) in [6, 6.07) is 18.8. The number of benzene rings is 4. The van der Waals surface area contributed by atoms with Gasteiger partial charge in [-0.3, -0.25) is 9.69 Å². The van der Waals surface area contributed by atoms with Crippen molar-refractivity contribution in [2.75, 3.05) is 13.1 Å². The third kappa shape index (κ3) is 8.54. The van der Waals surface area contributed by atoms with E-state index < -0.39 is 47.3 Å². The molecule has 262 valence electrons. The van der Waals surface area contributed by atoms with E-state index in [9.17, 15) is 37.1 Å². The molecule has 0 spiro atoms. The van der Waals surface area contributed by atoms with Crippen molar-refractivity contribution in [3.05, 3.63) is 118 Å². The number of ether oxygens (including phenoxy) is 2. The predicted molar refractivity (Wildman–Crippen MR) is 178 cm³/mol. The number of alkyl halides is 3. The first-order chi connectivity index (χ1) is 23.5. The highest BCUT2D eigenvalue weighted by Crippen LogP contribution is 2.37. The number of nitrogens with zero attached hydrogens (tertiary/aromatic N) is 2. The van der Waals surface area contributed by atoms with Gasteiger partial charge in [-0.15, -0.1) is 0 Å². The number of carbonyl (C=O) groups excluding carboxylic acids is 2. The summed E-state index contributed by atoms with van der Waals surface area (Å²) in [5, 5.41) is 10.2. The van der Waals surface area contributed by atoms with E-state index in [1.165, 1.54) is 23.1 Å². The molecular weight excluding hydrogens is 680 g/mol. The molecule has 1 heterocycles. The van der Waals surface area contributed by atoms with Gasteiger partial charge in [-0.05, 0) is 110 Å². The lowest BCUT2D eigenvalue weighted by atomic mass is 9.91. The quantitative estimate of drug-likeness (QED) is 0.192. The van der Waals surface area contributed by atoms with Crippen LogP contribution in [-0.2, 0) is 28.5 Å². The maximum absolute atomic E-state index is 14.2. The third-order valence-electron chi connectivity index (χ3n) is 7.95. The second-order valence-electron chi connectivity index (χ2n) is 12.7. The summed E-state index contributed by atoms with van der Waals surface area (Å²) in [5.41, 5.74) is 1.33. The van der Waals surface area contributed by atoms with Gasteiger partial charge in [0.05, 0.1) is 10.6 Å². The fourth-order valence-corrected chi connectivity index (χ4v) is 5.70. The molecule has 0 saturated carbocycles. The van der Waals surface area contributed by atoms with Gasteiger partial charge >= 0.3 is 18.4 Å². The largest absolute Gasteiger partial charge is 0.465 e. The van der Waals surface area contributed by atoms with Gasteiger partial charge in [0, 0.05) is 13.1 Å². The number of hydrogen-bond donors (Lipinski definition) is 1. The van der Waals surface area contributed by atoms with Crippen molar-refractivity contribution in [1.29, 1.82) is 0 Å². The van der Waals surface area contributed by atoms with Crippen LogP contribution >= 0.6 is 11.6 Å². The highest BCUT2D eigenvalue weighted by atomic mass is 35.5. The summed E-state index contributed by atoms with van der Waals surface area (Å²) < 4.78 is 64.2. The van der Waals surface area contributed by atoms with Gasteiger partial charge in [0.25, 0.3) is 5.91 Å². The minimum absolute atomic E-state index is 0.0230. The first kappa shape index (κ1) is 36.2. The van der Waals surface area contributed by atoms with Crippen LogP contribution in [0.2, 0.25) is 5.02 Å². The summed E-state index contributed by atoms with van der Waals surface area (Å²) in [7, 11) is 0. The summed E-state index contributed by atoms with van der Waals surface area (Å²) in [5.74, 6) is -1.18. The maximum atomic E-state index is 14.2. The van der Waals surface area contributed by atoms with Crippen LogP contribution < -0.4 is 4.74 Å². The second-order valence-corrected chi connectivity index (χ2v) is 13.1. The molecule has 1 aliphatic heterocycles. The molecule has 0 bridgehead atoms. The second kappa shape index (κ2) is 14.4. The van der Waals surface area contributed by atoms with E-state index in [0.717, 1.165) is 29.8 Å². The third-order valence-corrected chi connectivity index (χ3v) is 8.24. The van der Waals surface area contributed by atoms with Crippen LogP contribution in [0.4, 0.5) is 27.2 Å². The molecule has 0 saturated heterocycles. The van der Waals surface area contributed by atoms with Crippen LogP contribution in [0.5, 0.6) is 11.5 Å². The predicted octanol–water partition coefficient (Wildman–Crippen LogP) is 9.54. The molecule has 0 fully saturated rings. The smallest absolute Gasteiger partial charge is 0.416 e. The minimum atomic E-state index is -4.53. The lowest BCUT2D eigenvalue weighted by Crippen LogP contribution is -2.51. The Kier molecular flexibility index (Phi) is 10.4. The monoisotopic (exact) mass is 712 g/mol. The molecule has 4 aromatic rings. The van der Waals surface area contributed by atoms with E-state index in [-0.39, 0.29) is 36.0 Å². The Balaban J connectivity index is 1.42. The molecule has 5 rings (SSSR count). The zero-order chi connectivity index (χ0) is 36.4. The normalized spacial score (nSPS) is 14.5. The Hall–Kier alpha value is -5.10. The van der Waals surface area contributed by atoms with E-state index >= 15 is 0 Å². The molecule has 50 heavy (non-hydrogen) atoms. The SMILES string of the molecule is CC(C)(C)OC(=O)N1CCc2ccc(Oc3ccc(C(F)(F)F)cc3)cc2[C@H]1C(=O)N(CCc1ccc(-c2ccc(F)c(Cl)c2)cc1)C(=O)O. The number of fused-ring (bicyclic) bond motifs is 1. The number of hydrogen-bond acceptors (Lipinski definition) is 5. The molecule has 4 aromatic carbocycles. The molecule has 0 aliphatic carbocycles. The number of rotatable bonds is 7. The molecule has 8 nitrogen and oxygen atoms in total. The zero-order valence-corrected chi connectivity index (χ0v) is 28.0. The van der Waals surface area contributed by atoms with Crippen molar-refractivity contribution in [3.63, 3.8) is 0 Å². The van der Waals surface area contributed by atoms with E-state index in [0.29, 0.717) is 33.6 Å². The van der Waals surface area contributed by atoms with E-state index in [1.54, 1.807) is 63.2 Å². The van der Waals surface area contributed by atoms with E-state index in [1.807, 2.05) is 0 Å². The summed E-state index contributed by atoms with van der Waals surface area (Å²) in [6.07, 6.45) is -6.41. The first-order valence-corrected chi connectivity index (χ1v) is 15.9. The minimum Gasteiger partial charge on any atom is -0.465 e. The van der Waals surface area contributed by atoms with Gasteiger partial charge in [0.15, 0.2) is 0 Å². The molecule has 13 heteroatoms. The molecule has 1 aliphatic rings. The standard InChI is InChI=1S/C37H33ClF4N2O6/c1-36(2,3)50-35(48)43-19-17-24-8-12-28(49-27-13-10-26(11-14-27)37(40,41)42)21-29(24)32(43)33(45)44(34(46)47)18-16-22-4-6-23(7-5-22)25-9-15-31(39)30(38)20-25/h4-15,20-21,32H,16-19H2,1-3H3,(H,46,47)/t32-/m0/s1. The Morgan fingerprint density at radius 2 is 1.54 bits per heavy atom. The van der Waals surface area contributed by atoms with Gasteiger partial charge in [0.2, 0.25) is 0 Å². The molecule has 0 aromatic heterocycles. The molecule has 0 radical (unpaired) electrons. The lowest BCUT2D eigenvalue weighted by molar-refractivity contribution is -0.137. The van der Waals surface area contributed by atoms with Gasteiger partial charge in [-0.25, -0.2) is 18.9 Å². The molecule has 1 N–H and O–H groups in total. The number of halogens is 5. The molecular formula is C37H33ClF4N2O6. The van der Waals surface area contributed by atoms with E-state index in [4.69, 9.17) is 21.1 Å². The summed E-state index contributed by atoms with van der Waals surface area (Å²) in [4.78, 5) is 42.0. The van der Waals surface area contributed by atoms with Crippen molar-refractivity contribution in [2.45, 2.75) is 51.4 Å². The summed E-state index contributed by atoms with van der Waals surface area (Å²) >= 11 is 5.92. The van der Waals surface area contributed by atoms with Crippen LogP contribution in [0.15, 0.2) is 84.9 Å². The van der Waals surface area contributed by atoms with Crippen LogP contribution in [0.25, 0.3) is 11.1 Å². The zero-order valence-electron chi connectivity index (χ0n) is 27.3. The van der Waals surface area contributed by atoms with Crippen molar-refractivity contribution in [3.8, 4) is 22.6 Å². The number of imide groups is 1. The van der Waals surface area contributed by atoms with Crippen LogP contribution in [0, 0.1) is 5.82 Å². The van der Waals surface area contributed by atoms with Crippen LogP contribution in [-0.4, -0.2) is 51.7 Å². The number of carboxylic acid groups (broad SMARTS) is 1. The lowest BCUT2D eigenvalue weighted by Gasteiger charge is -2.38. The van der Waals surface area contributed by atoms with Crippen LogP contribution in [0.1, 0.15) is 49.1 Å². The number of carbonyl (C=O) groups is 3. The average molecular weight is 713 g/mol. The molecule has 3 amide bonds. The van der Waals surface area contributed by atoms with Crippen LogP contribution in [0.3, 0.4) is 0 Å². The van der Waals surface area contributed by atoms with Crippen molar-refractivity contribution < 1.29 is 46.5 Å². The van der Waals surface area contributed by atoms with E-state index in [2.05, 4.69) is 0 Å².